The van der Waals surface area contributed by atoms with Crippen LogP contribution in [0.25, 0.3) is 11.3 Å². The van der Waals surface area contributed by atoms with Crippen molar-refractivity contribution < 1.29 is 19.1 Å². The monoisotopic (exact) mass is 369 g/mol. The van der Waals surface area contributed by atoms with Crippen molar-refractivity contribution in [2.45, 2.75) is 20.3 Å². The van der Waals surface area contributed by atoms with Crippen LogP contribution in [0.15, 0.2) is 45.8 Å². The third-order valence-electron chi connectivity index (χ3n) is 3.89. The summed E-state index contributed by atoms with van der Waals surface area (Å²) in [6, 6.07) is 9.77. The standard InChI is InChI=1S/C19H18N2O4S/c1-11(2)10-21-17(22)15(20-19(21)26)9-14-6-7-16(25-14)12-4-3-5-13(8-12)18(23)24/h3-8,11H,9-10H2,1-2H3,(H,23,24)/p-1. The van der Waals surface area contributed by atoms with Gasteiger partial charge in [-0.05, 0) is 41.9 Å². The molecular formula is C19H17N2O4S-. The Morgan fingerprint density at radius 1 is 1.31 bits per heavy atom. The first kappa shape index (κ1) is 18.0. The van der Waals surface area contributed by atoms with Crippen LogP contribution < -0.4 is 5.11 Å². The maximum absolute atomic E-state index is 12.4. The summed E-state index contributed by atoms with van der Waals surface area (Å²) in [5.74, 6) is -0.0857. The van der Waals surface area contributed by atoms with E-state index in [1.165, 1.54) is 17.0 Å². The molecule has 1 aromatic heterocycles. The summed E-state index contributed by atoms with van der Waals surface area (Å²) in [7, 11) is 0. The van der Waals surface area contributed by atoms with Gasteiger partial charge in [0.2, 0.25) is 5.11 Å². The molecule has 0 saturated heterocycles. The molecule has 0 fully saturated rings. The number of thiocarbonyl (C=S) groups is 1. The number of carboxylic acids is 1. The van der Waals surface area contributed by atoms with Crippen LogP contribution in [0.4, 0.5) is 0 Å². The minimum Gasteiger partial charge on any atom is -0.545 e. The van der Waals surface area contributed by atoms with Crippen LogP contribution in [0.1, 0.15) is 30.0 Å². The summed E-state index contributed by atoms with van der Waals surface area (Å²) >= 11 is 5.18. The van der Waals surface area contributed by atoms with Crippen molar-refractivity contribution in [3.63, 3.8) is 0 Å². The highest BCUT2D eigenvalue weighted by atomic mass is 32.1. The molecule has 0 unspecified atom stereocenters. The van der Waals surface area contributed by atoms with Gasteiger partial charge in [0.1, 0.15) is 17.2 Å². The molecule has 26 heavy (non-hydrogen) atoms. The Morgan fingerprint density at radius 2 is 2.08 bits per heavy atom. The van der Waals surface area contributed by atoms with Gasteiger partial charge < -0.3 is 14.3 Å². The molecule has 0 bridgehead atoms. The van der Waals surface area contributed by atoms with E-state index in [2.05, 4.69) is 4.99 Å². The van der Waals surface area contributed by atoms with Crippen LogP contribution in [-0.4, -0.2) is 34.1 Å². The highest BCUT2D eigenvalue weighted by Crippen LogP contribution is 2.24. The number of aliphatic imine (C=N–C) groups is 1. The largest absolute Gasteiger partial charge is 0.545 e. The van der Waals surface area contributed by atoms with Crippen LogP contribution in [0, 0.1) is 5.92 Å². The van der Waals surface area contributed by atoms with E-state index >= 15 is 0 Å². The molecule has 0 radical (unpaired) electrons. The predicted octanol–water partition coefficient (Wildman–Crippen LogP) is 2.08. The van der Waals surface area contributed by atoms with Crippen molar-refractivity contribution >= 4 is 34.9 Å². The maximum Gasteiger partial charge on any atom is 0.275 e. The van der Waals surface area contributed by atoms with Gasteiger partial charge in [0.05, 0.1) is 12.4 Å². The average Bonchev–Trinajstić information content (AvgIpc) is 3.15. The summed E-state index contributed by atoms with van der Waals surface area (Å²) < 4.78 is 5.76. The van der Waals surface area contributed by atoms with E-state index in [9.17, 15) is 14.7 Å². The van der Waals surface area contributed by atoms with Crippen LogP contribution in [0.2, 0.25) is 0 Å². The summed E-state index contributed by atoms with van der Waals surface area (Å²) in [5, 5.41) is 11.3. The van der Waals surface area contributed by atoms with Crippen molar-refractivity contribution in [3.8, 4) is 11.3 Å². The lowest BCUT2D eigenvalue weighted by Crippen LogP contribution is -2.35. The zero-order chi connectivity index (χ0) is 18.8. The third-order valence-corrected chi connectivity index (χ3v) is 4.20. The average molecular weight is 369 g/mol. The van der Waals surface area contributed by atoms with Crippen LogP contribution in [0.5, 0.6) is 0 Å². The molecule has 134 valence electrons. The van der Waals surface area contributed by atoms with Gasteiger partial charge in [0.25, 0.3) is 5.91 Å². The van der Waals surface area contributed by atoms with Crippen molar-refractivity contribution in [3.05, 3.63) is 47.7 Å². The number of hydrogen-bond donors (Lipinski definition) is 0. The fourth-order valence-corrected chi connectivity index (χ4v) is 2.97. The van der Waals surface area contributed by atoms with Gasteiger partial charge in [-0.2, -0.15) is 0 Å². The molecule has 1 amide bonds. The van der Waals surface area contributed by atoms with E-state index in [4.69, 9.17) is 16.6 Å². The highest BCUT2D eigenvalue weighted by Gasteiger charge is 2.31. The lowest BCUT2D eigenvalue weighted by atomic mass is 10.1. The number of rotatable bonds is 6. The molecule has 0 saturated carbocycles. The van der Waals surface area contributed by atoms with Gasteiger partial charge in [-0.1, -0.05) is 32.0 Å². The van der Waals surface area contributed by atoms with E-state index < -0.39 is 5.97 Å². The molecule has 7 heteroatoms. The second-order valence-corrected chi connectivity index (χ2v) is 6.83. The molecule has 6 nitrogen and oxygen atoms in total. The summed E-state index contributed by atoms with van der Waals surface area (Å²) in [6.07, 6.45) is 0.230. The van der Waals surface area contributed by atoms with E-state index in [0.717, 1.165) is 0 Å². The summed E-state index contributed by atoms with van der Waals surface area (Å²) in [5.41, 5.74) is 1.04. The zero-order valence-electron chi connectivity index (χ0n) is 14.4. The normalized spacial score (nSPS) is 14.3. The number of nitrogens with zero attached hydrogens (tertiary/aromatic N) is 2. The minimum atomic E-state index is -1.25. The number of hydrogen-bond acceptors (Lipinski definition) is 5. The van der Waals surface area contributed by atoms with Crippen molar-refractivity contribution in [2.24, 2.45) is 10.9 Å². The van der Waals surface area contributed by atoms with E-state index in [1.54, 1.807) is 24.3 Å². The smallest absolute Gasteiger partial charge is 0.275 e. The second kappa shape index (κ2) is 7.21. The predicted molar refractivity (Wildman–Crippen MR) is 98.8 cm³/mol. The molecule has 0 spiro atoms. The minimum absolute atomic E-state index is 0.0745. The molecule has 1 aliphatic heterocycles. The molecule has 1 aromatic carbocycles. The Morgan fingerprint density at radius 3 is 2.77 bits per heavy atom. The van der Waals surface area contributed by atoms with Crippen molar-refractivity contribution in [2.75, 3.05) is 6.54 Å². The first-order valence-corrected chi connectivity index (χ1v) is 8.60. The molecule has 0 aliphatic carbocycles. The Labute approximate surface area is 156 Å². The van der Waals surface area contributed by atoms with Crippen molar-refractivity contribution in [1.29, 1.82) is 0 Å². The van der Waals surface area contributed by atoms with Gasteiger partial charge in [-0.15, -0.1) is 0 Å². The number of carboxylic acid groups (broad SMARTS) is 1. The lowest BCUT2D eigenvalue weighted by Gasteiger charge is -2.16. The Kier molecular flexibility index (Phi) is 4.99. The fraction of sp³-hybridized carbons (Fsp3) is 0.263. The maximum atomic E-state index is 12.4. The Bertz CT molecular complexity index is 914. The second-order valence-electron chi connectivity index (χ2n) is 6.46. The molecule has 3 rings (SSSR count). The summed E-state index contributed by atoms with van der Waals surface area (Å²) in [6.45, 7) is 4.55. The molecule has 0 N–H and O–H groups in total. The van der Waals surface area contributed by atoms with Gasteiger partial charge in [0, 0.05) is 12.1 Å². The topological polar surface area (TPSA) is 85.9 Å². The number of furan rings is 1. The van der Waals surface area contributed by atoms with Gasteiger partial charge in [-0.25, -0.2) is 4.99 Å². The lowest BCUT2D eigenvalue weighted by molar-refractivity contribution is -0.255. The first-order chi connectivity index (χ1) is 12.3. The first-order valence-electron chi connectivity index (χ1n) is 8.19. The highest BCUT2D eigenvalue weighted by molar-refractivity contribution is 7.80. The van der Waals surface area contributed by atoms with Crippen LogP contribution in [-0.2, 0) is 11.2 Å². The third kappa shape index (κ3) is 3.72. The van der Waals surface area contributed by atoms with Gasteiger partial charge in [-0.3, -0.25) is 9.69 Å². The quantitative estimate of drug-likeness (QED) is 0.728. The van der Waals surface area contributed by atoms with E-state index in [0.29, 0.717) is 29.3 Å². The number of benzene rings is 1. The zero-order valence-corrected chi connectivity index (χ0v) is 15.2. The van der Waals surface area contributed by atoms with E-state index in [1.807, 2.05) is 13.8 Å². The number of aromatic carboxylic acids is 1. The molecule has 1 aliphatic rings. The molecule has 2 heterocycles. The van der Waals surface area contributed by atoms with Gasteiger partial charge >= 0.3 is 0 Å². The molecule has 2 aromatic rings. The summed E-state index contributed by atoms with van der Waals surface area (Å²) in [4.78, 5) is 29.1. The van der Waals surface area contributed by atoms with Crippen LogP contribution >= 0.6 is 12.2 Å². The Balaban J connectivity index is 1.76. The van der Waals surface area contributed by atoms with Crippen LogP contribution in [0.3, 0.4) is 0 Å². The van der Waals surface area contributed by atoms with Gasteiger partial charge in [0.15, 0.2) is 0 Å². The SMILES string of the molecule is CC(C)CN1C(=O)C(Cc2ccc(-c3cccc(C(=O)[O-])c3)o2)=NC1=S. The molecular weight excluding hydrogens is 352 g/mol. The molecule has 0 atom stereocenters. The van der Waals surface area contributed by atoms with Crippen molar-refractivity contribution in [1.82, 2.24) is 4.90 Å². The number of carbonyl (C=O) groups is 2. The number of carbonyl (C=O) groups excluding carboxylic acids is 2. The number of amides is 1. The van der Waals surface area contributed by atoms with E-state index in [-0.39, 0.29) is 28.9 Å². The fourth-order valence-electron chi connectivity index (χ4n) is 2.70. The Hall–Kier alpha value is -2.80.